The van der Waals surface area contributed by atoms with Crippen LogP contribution in [0.5, 0.6) is 0 Å². The highest BCUT2D eigenvalue weighted by atomic mass is 16.6. The lowest BCUT2D eigenvalue weighted by molar-refractivity contribution is -0.0368. The Bertz CT molecular complexity index is 1550. The van der Waals surface area contributed by atoms with Gasteiger partial charge in [0.15, 0.2) is 29.0 Å². The summed E-state index contributed by atoms with van der Waals surface area (Å²) in [6, 6.07) is 4.00. The predicted molar refractivity (Wildman–Crippen MR) is 171 cm³/mol. The number of piperidine rings is 1. The molecule has 7 heterocycles. The van der Waals surface area contributed by atoms with Crippen molar-refractivity contribution in [2.24, 2.45) is 5.41 Å². The second-order valence-corrected chi connectivity index (χ2v) is 14.1. The number of amides is 1. The van der Waals surface area contributed by atoms with E-state index >= 15 is 0 Å². The smallest absolute Gasteiger partial charge is 0.407 e. The molecule has 1 unspecified atom stereocenters. The molecule has 3 aromatic heterocycles. The average Bonchev–Trinajstić information content (AvgIpc) is 3.53. The molecular formula is C33H46N8O4. The van der Waals surface area contributed by atoms with Crippen molar-refractivity contribution in [1.82, 2.24) is 30.0 Å². The van der Waals surface area contributed by atoms with Crippen molar-refractivity contribution in [2.75, 3.05) is 42.6 Å². The Hall–Kier alpha value is -3.51. The number of ether oxygens (including phenoxy) is 3. The largest absolute Gasteiger partial charge is 0.444 e. The molecular weight excluding hydrogens is 572 g/mol. The minimum Gasteiger partial charge on any atom is -0.444 e. The lowest BCUT2D eigenvalue weighted by Gasteiger charge is -2.43. The fraction of sp³-hybridized carbons (Fsp3) is 0.667. The van der Waals surface area contributed by atoms with Gasteiger partial charge in [0.25, 0.3) is 0 Å². The standard InChI is InChI=1S/C33H46N8O4/c1-21-28(39-17-13-33(14-18-39)20-44-22(2)27(33)36-31(42)45-32(3,4)5)37-29-26(35-21)30(38-41(29)25-12-6-7-19-43-25)40-16-9-10-23-24(40)11-8-15-34-23/h8,11,15,22,25,27H,6-7,9-10,12-14,16-20H2,1-5H3,(H,36,42)/t22-,25?,27+/m0/s1. The third-order valence-electron chi connectivity index (χ3n) is 9.79. The Morgan fingerprint density at radius 3 is 2.67 bits per heavy atom. The van der Waals surface area contributed by atoms with Gasteiger partial charge in [0.05, 0.1) is 35.8 Å². The van der Waals surface area contributed by atoms with E-state index in [0.29, 0.717) is 6.61 Å². The number of aromatic nitrogens is 5. The van der Waals surface area contributed by atoms with Gasteiger partial charge in [-0.2, -0.15) is 0 Å². The summed E-state index contributed by atoms with van der Waals surface area (Å²) in [6.07, 6.45) is 7.97. The van der Waals surface area contributed by atoms with Crippen molar-refractivity contribution in [3.05, 3.63) is 29.7 Å². The summed E-state index contributed by atoms with van der Waals surface area (Å²) in [4.78, 5) is 32.5. The molecule has 3 fully saturated rings. The highest BCUT2D eigenvalue weighted by Gasteiger charge is 2.51. The fourth-order valence-electron chi connectivity index (χ4n) is 7.53. The zero-order valence-corrected chi connectivity index (χ0v) is 27.2. The Morgan fingerprint density at radius 1 is 1.09 bits per heavy atom. The third kappa shape index (κ3) is 5.71. The second kappa shape index (κ2) is 11.7. The third-order valence-corrected chi connectivity index (χ3v) is 9.79. The summed E-state index contributed by atoms with van der Waals surface area (Å²) in [5.41, 5.74) is 3.92. The average molecular weight is 619 g/mol. The van der Waals surface area contributed by atoms with Crippen LogP contribution < -0.4 is 15.1 Å². The number of anilines is 3. The van der Waals surface area contributed by atoms with Gasteiger partial charge >= 0.3 is 6.09 Å². The number of aryl methyl sites for hydroxylation is 2. The molecule has 4 aliphatic rings. The van der Waals surface area contributed by atoms with Crippen molar-refractivity contribution in [3.63, 3.8) is 0 Å². The number of pyridine rings is 1. The number of nitrogens with one attached hydrogen (secondary N) is 1. The molecule has 45 heavy (non-hydrogen) atoms. The van der Waals surface area contributed by atoms with Crippen LogP contribution in [0, 0.1) is 12.3 Å². The van der Waals surface area contributed by atoms with Crippen LogP contribution in [0.1, 0.15) is 83.8 Å². The first-order chi connectivity index (χ1) is 21.6. The van der Waals surface area contributed by atoms with Crippen LogP contribution in [-0.2, 0) is 20.6 Å². The van der Waals surface area contributed by atoms with Gasteiger partial charge in [-0.15, -0.1) is 5.10 Å². The van der Waals surface area contributed by atoms with Crippen molar-refractivity contribution in [2.45, 2.75) is 104 Å². The number of nitrogens with zero attached hydrogens (tertiary/aromatic N) is 7. The minimum atomic E-state index is -0.554. The second-order valence-electron chi connectivity index (χ2n) is 14.1. The summed E-state index contributed by atoms with van der Waals surface area (Å²) in [7, 11) is 0. The normalized spacial score (nSPS) is 25.0. The van der Waals surface area contributed by atoms with E-state index < -0.39 is 5.60 Å². The molecule has 12 heteroatoms. The maximum absolute atomic E-state index is 12.7. The Morgan fingerprint density at radius 2 is 1.91 bits per heavy atom. The molecule has 1 spiro atoms. The topological polar surface area (TPSA) is 120 Å². The molecule has 0 bridgehead atoms. The highest BCUT2D eigenvalue weighted by Crippen LogP contribution is 2.44. The molecule has 242 valence electrons. The van der Waals surface area contributed by atoms with E-state index in [-0.39, 0.29) is 29.9 Å². The molecule has 3 atom stereocenters. The first-order valence-electron chi connectivity index (χ1n) is 16.6. The summed E-state index contributed by atoms with van der Waals surface area (Å²) in [5, 5.41) is 8.32. The maximum Gasteiger partial charge on any atom is 0.407 e. The van der Waals surface area contributed by atoms with Gasteiger partial charge < -0.3 is 29.3 Å². The summed E-state index contributed by atoms with van der Waals surface area (Å²) < 4.78 is 19.9. The number of alkyl carbamates (subject to hydrolysis) is 1. The monoisotopic (exact) mass is 618 g/mol. The van der Waals surface area contributed by atoms with Crippen molar-refractivity contribution in [3.8, 4) is 0 Å². The lowest BCUT2D eigenvalue weighted by atomic mass is 9.73. The van der Waals surface area contributed by atoms with Crippen LogP contribution in [0.15, 0.2) is 18.3 Å². The van der Waals surface area contributed by atoms with Crippen LogP contribution in [-0.4, -0.2) is 81.4 Å². The molecule has 1 amide bonds. The predicted octanol–water partition coefficient (Wildman–Crippen LogP) is 5.21. The molecule has 0 radical (unpaired) electrons. The van der Waals surface area contributed by atoms with Crippen LogP contribution >= 0.6 is 0 Å². The summed E-state index contributed by atoms with van der Waals surface area (Å²) >= 11 is 0. The molecule has 0 aliphatic carbocycles. The zero-order chi connectivity index (χ0) is 31.3. The van der Waals surface area contributed by atoms with Gasteiger partial charge in [0, 0.05) is 37.9 Å². The minimum absolute atomic E-state index is 0.0830. The Balaban J connectivity index is 1.19. The number of carbonyl (C=O) groups is 1. The van der Waals surface area contributed by atoms with E-state index in [4.69, 9.17) is 29.3 Å². The van der Waals surface area contributed by atoms with E-state index in [1.54, 1.807) is 0 Å². The number of hydrogen-bond donors (Lipinski definition) is 1. The lowest BCUT2D eigenvalue weighted by Crippen LogP contribution is -2.55. The molecule has 3 aromatic rings. The maximum atomic E-state index is 12.7. The Kier molecular flexibility index (Phi) is 7.84. The number of rotatable bonds is 4. The van der Waals surface area contributed by atoms with E-state index in [1.807, 2.05) is 51.6 Å². The van der Waals surface area contributed by atoms with Gasteiger partial charge in [0.2, 0.25) is 0 Å². The molecule has 4 aliphatic heterocycles. The molecule has 0 aromatic carbocycles. The van der Waals surface area contributed by atoms with Crippen LogP contribution in [0.3, 0.4) is 0 Å². The van der Waals surface area contributed by atoms with Crippen LogP contribution in [0.2, 0.25) is 0 Å². The Labute approximate surface area is 264 Å². The first-order valence-corrected chi connectivity index (χ1v) is 16.6. The van der Waals surface area contributed by atoms with E-state index in [9.17, 15) is 4.79 Å². The van der Waals surface area contributed by atoms with E-state index in [1.165, 1.54) is 0 Å². The van der Waals surface area contributed by atoms with Crippen molar-refractivity contribution < 1.29 is 19.0 Å². The van der Waals surface area contributed by atoms with Crippen LogP contribution in [0.4, 0.5) is 22.1 Å². The number of carbonyl (C=O) groups excluding carboxylic acids is 1. The molecule has 3 saturated heterocycles. The molecule has 0 saturated carbocycles. The summed E-state index contributed by atoms with van der Waals surface area (Å²) in [5.74, 6) is 1.70. The highest BCUT2D eigenvalue weighted by molar-refractivity contribution is 5.88. The fourth-order valence-corrected chi connectivity index (χ4v) is 7.53. The number of hydrogen-bond acceptors (Lipinski definition) is 10. The van der Waals surface area contributed by atoms with Gasteiger partial charge in [-0.3, -0.25) is 4.98 Å². The first kappa shape index (κ1) is 30.2. The van der Waals surface area contributed by atoms with E-state index in [0.717, 1.165) is 111 Å². The SMILES string of the molecule is Cc1nc2c(N3CCCc4ncccc43)nn(C3CCCCO3)c2nc1N1CCC2(CC1)CO[C@@H](C)[C@H]2NC(=O)OC(C)(C)C. The van der Waals surface area contributed by atoms with Gasteiger partial charge in [-0.05, 0) is 91.7 Å². The van der Waals surface area contributed by atoms with E-state index in [2.05, 4.69) is 26.2 Å². The molecule has 1 N–H and O–H groups in total. The zero-order valence-electron chi connectivity index (χ0n) is 27.2. The number of fused-ring (bicyclic) bond motifs is 2. The molecule has 7 rings (SSSR count). The van der Waals surface area contributed by atoms with Gasteiger partial charge in [-0.25, -0.2) is 19.4 Å². The van der Waals surface area contributed by atoms with Crippen LogP contribution in [0.25, 0.3) is 11.2 Å². The quantitative estimate of drug-likeness (QED) is 0.417. The van der Waals surface area contributed by atoms with Gasteiger partial charge in [-0.1, -0.05) is 0 Å². The van der Waals surface area contributed by atoms with Crippen molar-refractivity contribution >= 4 is 34.6 Å². The van der Waals surface area contributed by atoms with Crippen molar-refractivity contribution in [1.29, 1.82) is 0 Å². The molecule has 12 nitrogen and oxygen atoms in total. The summed E-state index contributed by atoms with van der Waals surface area (Å²) in [6.45, 7) is 13.5. The van der Waals surface area contributed by atoms with Gasteiger partial charge in [0.1, 0.15) is 5.60 Å².